The third-order valence-corrected chi connectivity index (χ3v) is 5.01. The van der Waals surface area contributed by atoms with Crippen LogP contribution in [0.3, 0.4) is 0 Å². The molecule has 23 heavy (non-hydrogen) atoms. The summed E-state index contributed by atoms with van der Waals surface area (Å²) in [6.45, 7) is 0. The van der Waals surface area contributed by atoms with Crippen LogP contribution in [0.25, 0.3) is 0 Å². The molecular weight excluding hydrogens is 284 g/mol. The Morgan fingerprint density at radius 3 is 2.17 bits per heavy atom. The van der Waals surface area contributed by atoms with Gasteiger partial charge in [0.15, 0.2) is 0 Å². The predicted octanol–water partition coefficient (Wildman–Crippen LogP) is 4.83. The lowest BCUT2D eigenvalue weighted by atomic mass is 9.94. The largest absolute Gasteiger partial charge is 0.481 e. The summed E-state index contributed by atoms with van der Waals surface area (Å²) < 4.78 is 0. The number of aliphatic carboxylic acids is 1. The van der Waals surface area contributed by atoms with E-state index in [4.69, 9.17) is 5.11 Å². The van der Waals surface area contributed by atoms with Crippen molar-refractivity contribution >= 4 is 5.97 Å². The van der Waals surface area contributed by atoms with Gasteiger partial charge in [-0.2, -0.15) is 0 Å². The zero-order chi connectivity index (χ0) is 16.1. The Morgan fingerprint density at radius 2 is 1.57 bits per heavy atom. The van der Waals surface area contributed by atoms with Crippen molar-refractivity contribution in [2.75, 3.05) is 0 Å². The number of rotatable bonds is 6. The van der Waals surface area contributed by atoms with Gasteiger partial charge in [0.1, 0.15) is 0 Å². The van der Waals surface area contributed by atoms with Crippen molar-refractivity contribution in [1.29, 1.82) is 0 Å². The van der Waals surface area contributed by atoms with E-state index in [2.05, 4.69) is 54.6 Å². The van der Waals surface area contributed by atoms with Crippen LogP contribution in [-0.4, -0.2) is 11.1 Å². The maximum absolute atomic E-state index is 11.1. The normalized spacial score (nSPS) is 20.5. The maximum Gasteiger partial charge on any atom is 0.306 e. The minimum absolute atomic E-state index is 0.148. The van der Waals surface area contributed by atoms with E-state index in [0.717, 1.165) is 38.5 Å². The van der Waals surface area contributed by atoms with Crippen molar-refractivity contribution in [2.45, 2.75) is 44.4 Å². The fourth-order valence-electron chi connectivity index (χ4n) is 3.61. The molecule has 1 fully saturated rings. The number of carboxylic acid groups (broad SMARTS) is 1. The van der Waals surface area contributed by atoms with Crippen LogP contribution < -0.4 is 0 Å². The fourth-order valence-corrected chi connectivity index (χ4v) is 3.61. The van der Waals surface area contributed by atoms with Gasteiger partial charge in [-0.15, -0.1) is 0 Å². The highest BCUT2D eigenvalue weighted by atomic mass is 16.4. The number of benzene rings is 2. The Morgan fingerprint density at radius 1 is 0.913 bits per heavy atom. The summed E-state index contributed by atoms with van der Waals surface area (Å²) >= 11 is 0. The lowest BCUT2D eigenvalue weighted by molar-refractivity contribution is -0.141. The van der Waals surface area contributed by atoms with Crippen LogP contribution in [0.15, 0.2) is 54.6 Å². The Hall–Kier alpha value is -2.09. The Kier molecular flexibility index (Phi) is 5.12. The summed E-state index contributed by atoms with van der Waals surface area (Å²) in [5.41, 5.74) is 4.08. The van der Waals surface area contributed by atoms with E-state index < -0.39 is 5.97 Å². The summed E-state index contributed by atoms with van der Waals surface area (Å²) in [5.74, 6) is -0.356. The van der Waals surface area contributed by atoms with E-state index in [-0.39, 0.29) is 5.92 Å². The van der Waals surface area contributed by atoms with Crippen molar-refractivity contribution in [3.8, 4) is 0 Å². The third-order valence-electron chi connectivity index (χ3n) is 5.01. The van der Waals surface area contributed by atoms with Gasteiger partial charge in [0.2, 0.25) is 0 Å². The van der Waals surface area contributed by atoms with Crippen LogP contribution in [0.1, 0.15) is 48.3 Å². The van der Waals surface area contributed by atoms with Gasteiger partial charge in [0, 0.05) is 0 Å². The molecule has 2 aromatic carbocycles. The van der Waals surface area contributed by atoms with Crippen LogP contribution >= 0.6 is 0 Å². The first-order chi connectivity index (χ1) is 11.2. The highest BCUT2D eigenvalue weighted by molar-refractivity contribution is 5.70. The molecule has 2 atom stereocenters. The first-order valence-corrected chi connectivity index (χ1v) is 8.58. The molecule has 0 saturated heterocycles. The average molecular weight is 308 g/mol. The van der Waals surface area contributed by atoms with E-state index in [1.807, 2.05) is 0 Å². The van der Waals surface area contributed by atoms with Crippen molar-refractivity contribution in [3.05, 3.63) is 71.3 Å². The molecule has 3 rings (SSSR count). The highest BCUT2D eigenvalue weighted by Gasteiger charge is 2.30. The van der Waals surface area contributed by atoms with Crippen molar-refractivity contribution in [3.63, 3.8) is 0 Å². The fraction of sp³-hybridized carbons (Fsp3) is 0.381. The molecule has 0 radical (unpaired) electrons. The van der Waals surface area contributed by atoms with Gasteiger partial charge >= 0.3 is 5.97 Å². The molecule has 0 spiro atoms. The highest BCUT2D eigenvalue weighted by Crippen LogP contribution is 2.38. The van der Waals surface area contributed by atoms with Crippen LogP contribution in [0, 0.1) is 5.92 Å². The third kappa shape index (κ3) is 4.22. The molecule has 2 heteroatoms. The lowest BCUT2D eigenvalue weighted by Crippen LogP contribution is -2.09. The lowest BCUT2D eigenvalue weighted by Gasteiger charge is -2.11. The number of hydrogen-bond donors (Lipinski definition) is 1. The first kappa shape index (κ1) is 15.8. The average Bonchev–Trinajstić information content (AvgIpc) is 3.07. The molecule has 120 valence electrons. The van der Waals surface area contributed by atoms with Gasteiger partial charge in [-0.1, -0.05) is 54.6 Å². The van der Waals surface area contributed by atoms with E-state index in [1.165, 1.54) is 16.7 Å². The van der Waals surface area contributed by atoms with Crippen molar-refractivity contribution < 1.29 is 9.90 Å². The monoisotopic (exact) mass is 308 g/mol. The van der Waals surface area contributed by atoms with Crippen LogP contribution in [0.4, 0.5) is 0 Å². The molecule has 1 N–H and O–H groups in total. The van der Waals surface area contributed by atoms with E-state index in [1.54, 1.807) is 0 Å². The quantitative estimate of drug-likeness (QED) is 0.830. The van der Waals surface area contributed by atoms with E-state index >= 15 is 0 Å². The minimum Gasteiger partial charge on any atom is -0.481 e. The zero-order valence-electron chi connectivity index (χ0n) is 13.4. The number of hydrogen-bond acceptors (Lipinski definition) is 1. The summed E-state index contributed by atoms with van der Waals surface area (Å²) in [6, 6.07) is 19.4. The van der Waals surface area contributed by atoms with Gasteiger partial charge in [-0.05, 0) is 61.1 Å². The van der Waals surface area contributed by atoms with Crippen LogP contribution in [-0.2, 0) is 17.6 Å². The Bertz CT molecular complexity index is 631. The number of carboxylic acids is 1. The Labute approximate surface area is 138 Å². The second-order valence-electron chi connectivity index (χ2n) is 6.63. The predicted molar refractivity (Wildman–Crippen MR) is 92.6 cm³/mol. The summed E-state index contributed by atoms with van der Waals surface area (Å²) in [4.78, 5) is 11.1. The van der Waals surface area contributed by atoms with Gasteiger partial charge in [-0.3, -0.25) is 4.79 Å². The van der Waals surface area contributed by atoms with Crippen LogP contribution in [0.2, 0.25) is 0 Å². The van der Waals surface area contributed by atoms with Crippen LogP contribution in [0.5, 0.6) is 0 Å². The Balaban J connectivity index is 1.50. The molecule has 1 aliphatic rings. The molecule has 0 amide bonds. The second-order valence-corrected chi connectivity index (χ2v) is 6.63. The number of carbonyl (C=O) groups is 1. The molecule has 0 aromatic heterocycles. The van der Waals surface area contributed by atoms with Crippen molar-refractivity contribution in [2.24, 2.45) is 5.92 Å². The molecule has 0 aliphatic heterocycles. The zero-order valence-corrected chi connectivity index (χ0v) is 13.4. The SMILES string of the molecule is O=C(O)[C@H]1CC[C@H](c2ccc(CCCc3ccccc3)cc2)C1. The van der Waals surface area contributed by atoms with Gasteiger partial charge in [-0.25, -0.2) is 0 Å². The molecule has 2 nitrogen and oxygen atoms in total. The smallest absolute Gasteiger partial charge is 0.306 e. The first-order valence-electron chi connectivity index (χ1n) is 8.58. The van der Waals surface area contributed by atoms with Gasteiger partial charge < -0.3 is 5.11 Å². The van der Waals surface area contributed by atoms with E-state index in [9.17, 15) is 4.79 Å². The second kappa shape index (κ2) is 7.45. The summed E-state index contributed by atoms with van der Waals surface area (Å²) in [7, 11) is 0. The molecule has 1 saturated carbocycles. The summed E-state index contributed by atoms with van der Waals surface area (Å²) in [5, 5.41) is 9.11. The number of aryl methyl sites for hydroxylation is 2. The van der Waals surface area contributed by atoms with Gasteiger partial charge in [0.25, 0.3) is 0 Å². The minimum atomic E-state index is -0.634. The standard InChI is InChI=1S/C21H24O2/c22-21(23)20-14-13-19(15-20)18-11-9-17(10-12-18)8-4-7-16-5-2-1-3-6-16/h1-3,5-6,9-12,19-20H,4,7-8,13-15H2,(H,22,23)/t19-,20-/m0/s1. The molecule has 0 bridgehead atoms. The van der Waals surface area contributed by atoms with Crippen molar-refractivity contribution in [1.82, 2.24) is 0 Å². The topological polar surface area (TPSA) is 37.3 Å². The summed E-state index contributed by atoms with van der Waals surface area (Å²) in [6.07, 6.45) is 5.99. The molecule has 2 aromatic rings. The maximum atomic E-state index is 11.1. The molecule has 0 unspecified atom stereocenters. The van der Waals surface area contributed by atoms with E-state index in [0.29, 0.717) is 5.92 Å². The molecule has 1 aliphatic carbocycles. The van der Waals surface area contributed by atoms with Gasteiger partial charge in [0.05, 0.1) is 5.92 Å². The molecular formula is C21H24O2. The molecule has 0 heterocycles.